The van der Waals surface area contributed by atoms with E-state index in [9.17, 15) is 0 Å². The molecule has 0 spiro atoms. The lowest BCUT2D eigenvalue weighted by Gasteiger charge is -2.18. The van der Waals surface area contributed by atoms with Gasteiger partial charge in [-0.25, -0.2) is 0 Å². The van der Waals surface area contributed by atoms with Crippen LogP contribution in [0.15, 0.2) is 12.1 Å². The second-order valence-electron chi connectivity index (χ2n) is 4.83. The van der Waals surface area contributed by atoms with E-state index in [4.69, 9.17) is 9.47 Å². The Hall–Kier alpha value is -1.64. The zero-order valence-electron chi connectivity index (χ0n) is 9.71. The van der Waals surface area contributed by atoms with Crippen LogP contribution in [-0.4, -0.2) is 18.2 Å². The molecule has 3 heteroatoms. The minimum absolute atomic E-state index is 0.652. The van der Waals surface area contributed by atoms with Crippen LogP contribution in [0.2, 0.25) is 0 Å². The Morgan fingerprint density at radius 2 is 1.71 bits per heavy atom. The minimum atomic E-state index is 0.652. The molecule has 0 radical (unpaired) electrons. The largest absolute Gasteiger partial charge is 0.486 e. The summed E-state index contributed by atoms with van der Waals surface area (Å²) < 4.78 is 11.3. The fourth-order valence-corrected chi connectivity index (χ4v) is 2.94. The summed E-state index contributed by atoms with van der Waals surface area (Å²) in [5.41, 5.74) is 4.10. The van der Waals surface area contributed by atoms with Crippen LogP contribution in [0.3, 0.4) is 0 Å². The van der Waals surface area contributed by atoms with E-state index in [-0.39, 0.29) is 0 Å². The number of nitrogens with one attached hydrogen (secondary N) is 1. The molecule has 2 aromatic rings. The molecule has 0 atom stereocenters. The summed E-state index contributed by atoms with van der Waals surface area (Å²) in [7, 11) is 0. The Kier molecular flexibility index (Phi) is 1.89. The van der Waals surface area contributed by atoms with Crippen LogP contribution >= 0.6 is 0 Å². The number of hydrogen-bond acceptors (Lipinski definition) is 2. The number of fused-ring (bicyclic) bond motifs is 4. The van der Waals surface area contributed by atoms with E-state index < -0.39 is 0 Å². The van der Waals surface area contributed by atoms with Crippen molar-refractivity contribution in [1.82, 2.24) is 4.98 Å². The first-order valence-electron chi connectivity index (χ1n) is 6.35. The van der Waals surface area contributed by atoms with Gasteiger partial charge >= 0.3 is 0 Å². The first-order valence-corrected chi connectivity index (χ1v) is 6.35. The van der Waals surface area contributed by atoms with Crippen molar-refractivity contribution in [3.8, 4) is 11.5 Å². The van der Waals surface area contributed by atoms with Crippen LogP contribution in [0.4, 0.5) is 0 Å². The van der Waals surface area contributed by atoms with E-state index in [0.29, 0.717) is 13.2 Å². The van der Waals surface area contributed by atoms with Crippen LogP contribution in [-0.2, 0) is 12.8 Å². The van der Waals surface area contributed by atoms with Crippen LogP contribution < -0.4 is 9.47 Å². The second kappa shape index (κ2) is 3.42. The van der Waals surface area contributed by atoms with Gasteiger partial charge in [-0.1, -0.05) is 0 Å². The smallest absolute Gasteiger partial charge is 0.163 e. The number of benzene rings is 1. The molecular formula is C14H15NO2. The van der Waals surface area contributed by atoms with Crippen molar-refractivity contribution < 1.29 is 9.47 Å². The molecule has 88 valence electrons. The summed E-state index contributed by atoms with van der Waals surface area (Å²) in [6, 6.07) is 4.23. The fraction of sp³-hybridized carbons (Fsp3) is 0.429. The van der Waals surface area contributed by atoms with Gasteiger partial charge < -0.3 is 14.5 Å². The summed E-state index contributed by atoms with van der Waals surface area (Å²) in [5, 5.41) is 1.32. The SMILES string of the molecule is c1c2c(cc3c4c([nH]c13)CCCC4)OCCO2. The highest BCUT2D eigenvalue weighted by atomic mass is 16.6. The molecule has 0 unspecified atom stereocenters. The predicted molar refractivity (Wildman–Crippen MR) is 65.9 cm³/mol. The van der Waals surface area contributed by atoms with Crippen molar-refractivity contribution in [3.05, 3.63) is 23.4 Å². The summed E-state index contributed by atoms with van der Waals surface area (Å²) >= 11 is 0. The van der Waals surface area contributed by atoms with Gasteiger partial charge in [0.2, 0.25) is 0 Å². The molecule has 1 aliphatic heterocycles. The number of aryl methyl sites for hydroxylation is 2. The van der Waals surface area contributed by atoms with E-state index in [2.05, 4.69) is 17.1 Å². The first kappa shape index (κ1) is 9.40. The molecule has 3 nitrogen and oxygen atoms in total. The van der Waals surface area contributed by atoms with E-state index in [1.807, 2.05) is 0 Å². The van der Waals surface area contributed by atoms with Gasteiger partial charge in [0.25, 0.3) is 0 Å². The predicted octanol–water partition coefficient (Wildman–Crippen LogP) is 2.82. The average molecular weight is 229 g/mol. The number of H-pyrrole nitrogens is 1. The third kappa shape index (κ3) is 1.35. The lowest BCUT2D eigenvalue weighted by molar-refractivity contribution is 0.172. The molecule has 0 bridgehead atoms. The van der Waals surface area contributed by atoms with Crippen molar-refractivity contribution in [2.45, 2.75) is 25.7 Å². The van der Waals surface area contributed by atoms with E-state index >= 15 is 0 Å². The van der Waals surface area contributed by atoms with Gasteiger partial charge in [0, 0.05) is 22.7 Å². The molecule has 0 fully saturated rings. The fourth-order valence-electron chi connectivity index (χ4n) is 2.94. The molecule has 0 saturated carbocycles. The highest BCUT2D eigenvalue weighted by Crippen LogP contribution is 2.38. The standard InChI is InChI=1S/C14H15NO2/c1-2-4-11-9(3-1)10-7-13-14(8-12(10)15-11)17-6-5-16-13/h7-8,15H,1-6H2. The minimum Gasteiger partial charge on any atom is -0.486 e. The van der Waals surface area contributed by atoms with Gasteiger partial charge in [0.15, 0.2) is 11.5 Å². The summed E-state index contributed by atoms with van der Waals surface area (Å²) in [4.78, 5) is 3.53. The topological polar surface area (TPSA) is 34.2 Å². The Labute approximate surface area is 99.7 Å². The molecule has 1 aliphatic carbocycles. The Morgan fingerprint density at radius 1 is 0.941 bits per heavy atom. The maximum absolute atomic E-state index is 5.65. The average Bonchev–Trinajstić information content (AvgIpc) is 2.73. The zero-order chi connectivity index (χ0) is 11.2. The molecule has 17 heavy (non-hydrogen) atoms. The molecule has 1 N–H and O–H groups in total. The molecule has 2 heterocycles. The Morgan fingerprint density at radius 3 is 2.59 bits per heavy atom. The summed E-state index contributed by atoms with van der Waals surface area (Å²) in [6.07, 6.45) is 4.96. The quantitative estimate of drug-likeness (QED) is 0.753. The molecule has 2 aliphatic rings. The third-order valence-electron chi connectivity index (χ3n) is 3.76. The highest BCUT2D eigenvalue weighted by Gasteiger charge is 2.19. The van der Waals surface area contributed by atoms with Gasteiger partial charge in [-0.15, -0.1) is 0 Å². The normalized spacial score (nSPS) is 18.1. The van der Waals surface area contributed by atoms with Crippen LogP contribution in [0.25, 0.3) is 10.9 Å². The lowest BCUT2D eigenvalue weighted by Crippen LogP contribution is -2.15. The second-order valence-corrected chi connectivity index (χ2v) is 4.83. The Balaban J connectivity index is 1.97. The van der Waals surface area contributed by atoms with Gasteiger partial charge in [-0.2, -0.15) is 0 Å². The van der Waals surface area contributed by atoms with Gasteiger partial charge in [0.05, 0.1) is 0 Å². The van der Waals surface area contributed by atoms with Crippen LogP contribution in [0, 0.1) is 0 Å². The van der Waals surface area contributed by atoms with E-state index in [0.717, 1.165) is 11.5 Å². The highest BCUT2D eigenvalue weighted by molar-refractivity contribution is 5.88. The van der Waals surface area contributed by atoms with Crippen molar-refractivity contribution in [2.75, 3.05) is 13.2 Å². The van der Waals surface area contributed by atoms with Crippen molar-refractivity contribution in [2.24, 2.45) is 0 Å². The van der Waals surface area contributed by atoms with Crippen LogP contribution in [0.5, 0.6) is 11.5 Å². The maximum atomic E-state index is 5.65. The maximum Gasteiger partial charge on any atom is 0.163 e. The Bertz CT molecular complexity index is 583. The molecule has 1 aromatic carbocycles. The zero-order valence-corrected chi connectivity index (χ0v) is 9.71. The molecule has 1 aromatic heterocycles. The molecule has 0 amide bonds. The number of aromatic amines is 1. The van der Waals surface area contributed by atoms with E-state index in [1.165, 1.54) is 47.8 Å². The van der Waals surface area contributed by atoms with Gasteiger partial charge in [-0.05, 0) is 37.3 Å². The molecule has 4 rings (SSSR count). The van der Waals surface area contributed by atoms with Gasteiger partial charge in [0.1, 0.15) is 13.2 Å². The number of hydrogen-bond donors (Lipinski definition) is 1. The number of rotatable bonds is 0. The number of aromatic nitrogens is 1. The number of ether oxygens (including phenoxy) is 2. The van der Waals surface area contributed by atoms with Crippen molar-refractivity contribution in [3.63, 3.8) is 0 Å². The van der Waals surface area contributed by atoms with Crippen molar-refractivity contribution >= 4 is 10.9 Å². The van der Waals surface area contributed by atoms with E-state index in [1.54, 1.807) is 0 Å². The monoisotopic (exact) mass is 229 g/mol. The lowest BCUT2D eigenvalue weighted by atomic mass is 9.95. The van der Waals surface area contributed by atoms with Crippen molar-refractivity contribution in [1.29, 1.82) is 0 Å². The molecular weight excluding hydrogens is 214 g/mol. The van der Waals surface area contributed by atoms with Gasteiger partial charge in [-0.3, -0.25) is 0 Å². The molecule has 0 saturated heterocycles. The first-order chi connectivity index (χ1) is 8.42. The third-order valence-corrected chi connectivity index (χ3v) is 3.76. The van der Waals surface area contributed by atoms with Crippen LogP contribution in [0.1, 0.15) is 24.1 Å². The summed E-state index contributed by atoms with van der Waals surface area (Å²) in [6.45, 7) is 1.31. The summed E-state index contributed by atoms with van der Waals surface area (Å²) in [5.74, 6) is 1.78.